The molecule has 1 aromatic carbocycles. The molecule has 0 amide bonds. The highest BCUT2D eigenvalue weighted by Crippen LogP contribution is 2.39. The average molecular weight is 237 g/mol. The van der Waals surface area contributed by atoms with Gasteiger partial charge in [0, 0.05) is 18.3 Å². The topological polar surface area (TPSA) is 42.2 Å². The van der Waals surface area contributed by atoms with Crippen LogP contribution in [0.25, 0.3) is 10.9 Å². The number of hydrogen-bond acceptors (Lipinski definition) is 2. The second-order valence-electron chi connectivity index (χ2n) is 4.24. The van der Waals surface area contributed by atoms with Gasteiger partial charge in [-0.25, -0.2) is 4.39 Å². The Balaban J connectivity index is 2.49. The zero-order chi connectivity index (χ0) is 12.2. The maximum absolute atomic E-state index is 13.3. The van der Waals surface area contributed by atoms with Crippen molar-refractivity contribution in [3.63, 3.8) is 0 Å². The number of phenols is 1. The molecule has 1 fully saturated rings. The minimum Gasteiger partial charge on any atom is -0.503 e. The van der Waals surface area contributed by atoms with E-state index in [1.165, 1.54) is 12.3 Å². The summed E-state index contributed by atoms with van der Waals surface area (Å²) in [5.74, 6) is -3.30. The molecule has 0 saturated heterocycles. The van der Waals surface area contributed by atoms with Gasteiger partial charge < -0.3 is 9.67 Å². The molecule has 0 spiro atoms. The van der Waals surface area contributed by atoms with Crippen molar-refractivity contribution < 1.29 is 13.9 Å². The third-order valence-electron chi connectivity index (χ3n) is 3.02. The highest BCUT2D eigenvalue weighted by atomic mass is 19.2. The number of hydrogen-bond donors (Lipinski definition) is 1. The zero-order valence-electron chi connectivity index (χ0n) is 8.78. The van der Waals surface area contributed by atoms with Crippen molar-refractivity contribution in [2.75, 3.05) is 0 Å². The fourth-order valence-electron chi connectivity index (χ4n) is 2.02. The summed E-state index contributed by atoms with van der Waals surface area (Å²) in [5, 5.41) is 9.66. The molecule has 88 valence electrons. The molecule has 0 radical (unpaired) electrons. The van der Waals surface area contributed by atoms with Gasteiger partial charge in [0.05, 0.1) is 10.9 Å². The van der Waals surface area contributed by atoms with Gasteiger partial charge in [0.2, 0.25) is 5.82 Å². The Hall–Kier alpha value is -1.91. The number of rotatable bonds is 1. The van der Waals surface area contributed by atoms with E-state index < -0.39 is 22.8 Å². The molecule has 1 saturated carbocycles. The molecular formula is C12H9F2NO2. The maximum atomic E-state index is 13.3. The number of benzene rings is 1. The van der Waals surface area contributed by atoms with Gasteiger partial charge in [-0.3, -0.25) is 4.79 Å². The maximum Gasteiger partial charge on any atom is 0.202 e. The van der Waals surface area contributed by atoms with E-state index in [-0.39, 0.29) is 16.9 Å². The van der Waals surface area contributed by atoms with Crippen LogP contribution in [-0.2, 0) is 0 Å². The second-order valence-corrected chi connectivity index (χ2v) is 4.24. The van der Waals surface area contributed by atoms with Crippen molar-refractivity contribution in [2.45, 2.75) is 18.9 Å². The van der Waals surface area contributed by atoms with Gasteiger partial charge >= 0.3 is 0 Å². The molecule has 1 aromatic heterocycles. The molecule has 1 aliphatic rings. The molecule has 5 heteroatoms. The Kier molecular flexibility index (Phi) is 1.98. The first-order valence-corrected chi connectivity index (χ1v) is 5.31. The second kappa shape index (κ2) is 3.29. The number of halogens is 2. The van der Waals surface area contributed by atoms with Gasteiger partial charge in [-0.05, 0) is 18.9 Å². The first-order chi connectivity index (χ1) is 8.09. The predicted molar refractivity (Wildman–Crippen MR) is 58.1 cm³/mol. The molecule has 1 heterocycles. The van der Waals surface area contributed by atoms with Crippen molar-refractivity contribution in [3.05, 3.63) is 40.2 Å². The molecule has 0 unspecified atom stereocenters. The summed E-state index contributed by atoms with van der Waals surface area (Å²) in [7, 11) is 0. The van der Waals surface area contributed by atoms with E-state index in [2.05, 4.69) is 0 Å². The molecule has 0 aliphatic heterocycles. The monoisotopic (exact) mass is 237 g/mol. The van der Waals surface area contributed by atoms with Crippen molar-refractivity contribution in [2.24, 2.45) is 0 Å². The fourth-order valence-corrected chi connectivity index (χ4v) is 2.02. The largest absolute Gasteiger partial charge is 0.503 e. The molecule has 2 aromatic rings. The number of aromatic nitrogens is 1. The summed E-state index contributed by atoms with van der Waals surface area (Å²) in [5.41, 5.74) is -0.343. The zero-order valence-corrected chi connectivity index (χ0v) is 8.78. The quantitative estimate of drug-likeness (QED) is 0.827. The van der Waals surface area contributed by atoms with Gasteiger partial charge in [0.25, 0.3) is 0 Å². The molecule has 0 bridgehead atoms. The molecule has 3 rings (SSSR count). The summed E-state index contributed by atoms with van der Waals surface area (Å²) >= 11 is 0. The lowest BCUT2D eigenvalue weighted by molar-refractivity contribution is 0.410. The van der Waals surface area contributed by atoms with Crippen LogP contribution in [0, 0.1) is 11.6 Å². The Morgan fingerprint density at radius 2 is 2.06 bits per heavy atom. The van der Waals surface area contributed by atoms with Crippen LogP contribution in [0.3, 0.4) is 0 Å². The van der Waals surface area contributed by atoms with E-state index in [0.29, 0.717) is 0 Å². The molecule has 3 nitrogen and oxygen atoms in total. The van der Waals surface area contributed by atoms with Crippen LogP contribution in [0.1, 0.15) is 18.9 Å². The minimum atomic E-state index is -1.31. The Bertz CT molecular complexity index is 674. The number of phenolic OH excluding ortho intramolecular Hbond substituents is 1. The molecule has 1 aliphatic carbocycles. The van der Waals surface area contributed by atoms with Crippen LogP contribution in [0.5, 0.6) is 5.75 Å². The third kappa shape index (κ3) is 1.42. The van der Waals surface area contributed by atoms with E-state index in [0.717, 1.165) is 18.9 Å². The molecule has 0 atom stereocenters. The van der Waals surface area contributed by atoms with E-state index in [4.69, 9.17) is 0 Å². The minimum absolute atomic E-state index is 0.0100. The van der Waals surface area contributed by atoms with Gasteiger partial charge in [-0.1, -0.05) is 0 Å². The van der Waals surface area contributed by atoms with E-state index in [9.17, 15) is 18.7 Å². The first kappa shape index (κ1) is 10.3. The van der Waals surface area contributed by atoms with Crippen molar-refractivity contribution in [1.29, 1.82) is 0 Å². The first-order valence-electron chi connectivity index (χ1n) is 5.31. The van der Waals surface area contributed by atoms with Gasteiger partial charge in [0.15, 0.2) is 17.0 Å². The summed E-state index contributed by atoms with van der Waals surface area (Å²) in [6.07, 6.45) is 3.34. The average Bonchev–Trinajstić information content (AvgIpc) is 3.12. The highest BCUT2D eigenvalue weighted by molar-refractivity contribution is 5.85. The van der Waals surface area contributed by atoms with E-state index >= 15 is 0 Å². The number of pyridine rings is 1. The van der Waals surface area contributed by atoms with E-state index in [1.54, 1.807) is 4.57 Å². The Labute approximate surface area is 94.9 Å². The van der Waals surface area contributed by atoms with Gasteiger partial charge in [0.1, 0.15) is 0 Å². The number of aromatic hydroxyl groups is 1. The molecule has 1 N–H and O–H groups in total. The number of fused-ring (bicyclic) bond motifs is 1. The van der Waals surface area contributed by atoms with Crippen LogP contribution in [-0.4, -0.2) is 9.67 Å². The van der Waals surface area contributed by atoms with Crippen LogP contribution in [0.2, 0.25) is 0 Å². The SMILES string of the molecule is O=c1ccn(C2CC2)c2c(O)c(F)c(F)cc12. The van der Waals surface area contributed by atoms with Gasteiger partial charge in [-0.2, -0.15) is 4.39 Å². The van der Waals surface area contributed by atoms with Crippen molar-refractivity contribution in [3.8, 4) is 5.75 Å². The lowest BCUT2D eigenvalue weighted by Gasteiger charge is -2.11. The summed E-state index contributed by atoms with van der Waals surface area (Å²) in [6, 6.07) is 2.30. The molecule has 17 heavy (non-hydrogen) atoms. The number of nitrogens with zero attached hydrogens (tertiary/aromatic N) is 1. The summed E-state index contributed by atoms with van der Waals surface area (Å²) < 4.78 is 28.1. The lowest BCUT2D eigenvalue weighted by Crippen LogP contribution is -2.08. The van der Waals surface area contributed by atoms with Gasteiger partial charge in [-0.15, -0.1) is 0 Å². The van der Waals surface area contributed by atoms with Crippen LogP contribution in [0.15, 0.2) is 23.1 Å². The summed E-state index contributed by atoms with van der Waals surface area (Å²) in [6.45, 7) is 0. The Morgan fingerprint density at radius 1 is 1.35 bits per heavy atom. The lowest BCUT2D eigenvalue weighted by atomic mass is 10.1. The van der Waals surface area contributed by atoms with Crippen LogP contribution >= 0.6 is 0 Å². The van der Waals surface area contributed by atoms with Crippen LogP contribution < -0.4 is 5.43 Å². The fraction of sp³-hybridized carbons (Fsp3) is 0.250. The Morgan fingerprint density at radius 3 is 2.71 bits per heavy atom. The third-order valence-corrected chi connectivity index (χ3v) is 3.02. The van der Waals surface area contributed by atoms with Crippen molar-refractivity contribution in [1.82, 2.24) is 4.57 Å². The standard InChI is InChI=1S/C12H9F2NO2/c13-8-5-7-9(16)3-4-15(6-1-2-6)11(7)12(17)10(8)14/h3-6,17H,1-2H2. The predicted octanol–water partition coefficient (Wildman–Crippen LogP) is 2.32. The normalized spacial score (nSPS) is 15.4. The molecular weight excluding hydrogens is 228 g/mol. The smallest absolute Gasteiger partial charge is 0.202 e. The van der Waals surface area contributed by atoms with E-state index in [1.807, 2.05) is 0 Å². The van der Waals surface area contributed by atoms with Crippen LogP contribution in [0.4, 0.5) is 8.78 Å². The summed E-state index contributed by atoms with van der Waals surface area (Å²) in [4.78, 5) is 11.6. The van der Waals surface area contributed by atoms with Crippen molar-refractivity contribution >= 4 is 10.9 Å². The highest BCUT2D eigenvalue weighted by Gasteiger charge is 2.27.